The Kier molecular flexibility index (Phi) is 8.60. The van der Waals surface area contributed by atoms with Crippen LogP contribution in [0.1, 0.15) is 85.2 Å². The zero-order chi connectivity index (χ0) is 40.7. The molecular weight excluding hydrogens is 727 g/mol. The van der Waals surface area contributed by atoms with Crippen LogP contribution in [0.3, 0.4) is 0 Å². The molecule has 3 heterocycles. The van der Waals surface area contributed by atoms with Crippen molar-refractivity contribution in [1.82, 2.24) is 0 Å². The van der Waals surface area contributed by atoms with E-state index >= 15 is 9.59 Å². The van der Waals surface area contributed by atoms with E-state index in [2.05, 4.69) is 182 Å². The van der Waals surface area contributed by atoms with Crippen molar-refractivity contribution < 1.29 is 9.59 Å². The predicted octanol–water partition coefficient (Wildman–Crippen LogP) is 13.8. The highest BCUT2D eigenvalue weighted by atomic mass is 16.2. The first-order valence-electron chi connectivity index (χ1n) is 20.9. The number of hydrogen-bond acceptors (Lipinski definition) is 6. The number of carbonyl (C=O) groups is 2. The van der Waals surface area contributed by atoms with Crippen LogP contribution in [0.15, 0.2) is 140 Å². The second-order valence-electron chi connectivity index (χ2n) is 16.2. The number of benzene rings is 7. The molecule has 59 heavy (non-hydrogen) atoms. The van der Waals surface area contributed by atoms with Gasteiger partial charge in [0, 0.05) is 35.0 Å². The molecule has 0 fully saturated rings. The molecule has 292 valence electrons. The van der Waals surface area contributed by atoms with Crippen LogP contribution >= 0.6 is 0 Å². The third kappa shape index (κ3) is 5.27. The SMILES string of the molecule is CCN1c2ccccc2N(c2ccc3c4c(ccc(N5c6ccccc6N(CC)c6ccccc65)c24)C(=O)N(c2c(C(C)C)cccc2C(C)C)C3=O)c2ccccc21. The van der Waals surface area contributed by atoms with Gasteiger partial charge in [0.25, 0.3) is 11.8 Å². The van der Waals surface area contributed by atoms with Crippen molar-refractivity contribution in [2.45, 2.75) is 53.4 Å². The van der Waals surface area contributed by atoms with Gasteiger partial charge in [-0.15, -0.1) is 0 Å². The average Bonchev–Trinajstić information content (AvgIpc) is 3.26. The highest BCUT2D eigenvalue weighted by Crippen LogP contribution is 2.58. The van der Waals surface area contributed by atoms with Crippen molar-refractivity contribution in [3.63, 3.8) is 0 Å². The summed E-state index contributed by atoms with van der Waals surface area (Å²) in [4.78, 5) is 41.6. The lowest BCUT2D eigenvalue weighted by molar-refractivity contribution is 0.0893. The topological polar surface area (TPSA) is 50.3 Å². The number of hydrogen-bond donors (Lipinski definition) is 0. The van der Waals surface area contributed by atoms with E-state index in [-0.39, 0.29) is 23.7 Å². The Labute approximate surface area is 346 Å². The van der Waals surface area contributed by atoms with E-state index in [1.165, 1.54) is 4.90 Å². The van der Waals surface area contributed by atoms with Crippen LogP contribution in [0.5, 0.6) is 0 Å². The lowest BCUT2D eigenvalue weighted by atomic mass is 9.87. The van der Waals surface area contributed by atoms with E-state index < -0.39 is 0 Å². The molecule has 0 unspecified atom stereocenters. The van der Waals surface area contributed by atoms with Crippen LogP contribution in [0.4, 0.5) is 62.6 Å². The summed E-state index contributed by atoms with van der Waals surface area (Å²) in [6.07, 6.45) is 0. The molecule has 7 nitrogen and oxygen atoms in total. The third-order valence-corrected chi connectivity index (χ3v) is 12.3. The summed E-state index contributed by atoms with van der Waals surface area (Å²) in [5.74, 6) is -0.419. The van der Waals surface area contributed by atoms with Crippen LogP contribution in [-0.4, -0.2) is 24.9 Å². The largest absolute Gasteiger partial charge is 0.338 e. The molecule has 7 heteroatoms. The van der Waals surface area contributed by atoms with Crippen LogP contribution in [0, 0.1) is 0 Å². The summed E-state index contributed by atoms with van der Waals surface area (Å²) < 4.78 is 0. The smallest absolute Gasteiger partial charge is 0.266 e. The molecule has 0 atom stereocenters. The highest BCUT2D eigenvalue weighted by Gasteiger charge is 2.41. The fraction of sp³-hybridized carbons (Fsp3) is 0.192. The predicted molar refractivity (Wildman–Crippen MR) is 244 cm³/mol. The summed E-state index contributed by atoms with van der Waals surface area (Å²) in [5, 5.41) is 1.51. The van der Waals surface area contributed by atoms with Crippen LogP contribution in [-0.2, 0) is 0 Å². The Morgan fingerprint density at radius 1 is 0.373 bits per heavy atom. The average molecular weight is 774 g/mol. The van der Waals surface area contributed by atoms with Crippen LogP contribution in [0.2, 0.25) is 0 Å². The van der Waals surface area contributed by atoms with Gasteiger partial charge in [0.1, 0.15) is 0 Å². The molecule has 0 aliphatic carbocycles. The van der Waals surface area contributed by atoms with Gasteiger partial charge in [-0.25, -0.2) is 4.90 Å². The van der Waals surface area contributed by atoms with E-state index in [9.17, 15) is 0 Å². The first kappa shape index (κ1) is 36.5. The lowest BCUT2D eigenvalue weighted by Crippen LogP contribution is -2.42. The summed E-state index contributed by atoms with van der Waals surface area (Å²) in [5.41, 5.74) is 13.9. The molecule has 10 rings (SSSR count). The highest BCUT2D eigenvalue weighted by molar-refractivity contribution is 6.38. The van der Waals surface area contributed by atoms with Gasteiger partial charge >= 0.3 is 0 Å². The molecule has 7 aromatic carbocycles. The zero-order valence-electron chi connectivity index (χ0n) is 34.4. The van der Waals surface area contributed by atoms with Gasteiger partial charge in [0.2, 0.25) is 0 Å². The molecule has 0 spiro atoms. The number of fused-ring (bicyclic) bond motifs is 4. The van der Waals surface area contributed by atoms with Gasteiger partial charge < -0.3 is 19.6 Å². The standard InChI is InChI=1S/C52H47N5O2/c1-7-53-38-20-9-13-24-42(38)55(43-25-14-10-21-39(43)53)46-30-28-36-48-37(52(59)57(51(36)58)50-34(32(3)4)18-17-19-35(50)33(5)6)29-31-47(49(46)48)56-44-26-15-11-22-40(44)54(8-2)41-23-12-16-27-45(41)56/h9-33H,7-8H2,1-6H3. The molecule has 0 aromatic heterocycles. The zero-order valence-corrected chi connectivity index (χ0v) is 34.4. The number of nitrogens with zero attached hydrogens (tertiary/aromatic N) is 5. The number of imide groups is 1. The van der Waals surface area contributed by atoms with E-state index in [1.807, 2.05) is 18.2 Å². The molecule has 0 saturated carbocycles. The second-order valence-corrected chi connectivity index (χ2v) is 16.2. The molecule has 3 aliphatic rings. The Hall–Kier alpha value is -6.86. The minimum atomic E-state index is -0.306. The summed E-state index contributed by atoms with van der Waals surface area (Å²) in [6, 6.07) is 48.3. The van der Waals surface area contributed by atoms with Crippen molar-refractivity contribution in [1.29, 1.82) is 0 Å². The Balaban J connectivity index is 1.31. The fourth-order valence-electron chi connectivity index (χ4n) is 9.74. The van der Waals surface area contributed by atoms with Gasteiger partial charge in [-0.2, -0.15) is 0 Å². The number of rotatable bonds is 7. The summed E-state index contributed by atoms with van der Waals surface area (Å²) in [6.45, 7) is 14.4. The van der Waals surface area contributed by atoms with Gasteiger partial charge in [0.05, 0.1) is 62.6 Å². The molecule has 3 aliphatic heterocycles. The van der Waals surface area contributed by atoms with Crippen LogP contribution < -0.4 is 24.5 Å². The number of anilines is 11. The lowest BCUT2D eigenvalue weighted by Gasteiger charge is -2.43. The molecule has 0 radical (unpaired) electrons. The second kappa shape index (κ2) is 13.9. The molecule has 2 amide bonds. The number of para-hydroxylation sites is 9. The van der Waals surface area contributed by atoms with Crippen molar-refractivity contribution in [3.8, 4) is 0 Å². The molecule has 0 bridgehead atoms. The Morgan fingerprint density at radius 3 is 1.03 bits per heavy atom. The van der Waals surface area contributed by atoms with Gasteiger partial charge in [-0.05, 0) is 110 Å². The van der Waals surface area contributed by atoms with E-state index in [0.29, 0.717) is 22.2 Å². The normalized spacial score (nSPS) is 14.3. The Morgan fingerprint density at radius 2 is 0.712 bits per heavy atom. The molecule has 0 saturated heterocycles. The minimum Gasteiger partial charge on any atom is -0.338 e. The van der Waals surface area contributed by atoms with Crippen molar-refractivity contribution >= 4 is 85.1 Å². The number of amides is 2. The summed E-state index contributed by atoms with van der Waals surface area (Å²) in [7, 11) is 0. The molecular formula is C52H47N5O2. The Bertz CT molecular complexity index is 2580. The molecule has 7 aromatic rings. The third-order valence-electron chi connectivity index (χ3n) is 12.3. The maximum atomic E-state index is 15.4. The van der Waals surface area contributed by atoms with Crippen molar-refractivity contribution in [2.75, 3.05) is 37.6 Å². The van der Waals surface area contributed by atoms with E-state index in [4.69, 9.17) is 0 Å². The van der Waals surface area contributed by atoms with E-state index in [1.54, 1.807) is 0 Å². The quantitative estimate of drug-likeness (QED) is 0.150. The van der Waals surface area contributed by atoms with Crippen LogP contribution in [0.25, 0.3) is 10.8 Å². The van der Waals surface area contributed by atoms with Gasteiger partial charge in [-0.3, -0.25) is 9.59 Å². The van der Waals surface area contributed by atoms with Crippen molar-refractivity contribution in [2.24, 2.45) is 0 Å². The van der Waals surface area contributed by atoms with Gasteiger partial charge in [0.15, 0.2) is 0 Å². The first-order valence-corrected chi connectivity index (χ1v) is 20.9. The maximum absolute atomic E-state index is 15.4. The van der Waals surface area contributed by atoms with E-state index in [0.717, 1.165) is 86.5 Å². The summed E-state index contributed by atoms with van der Waals surface area (Å²) >= 11 is 0. The fourth-order valence-corrected chi connectivity index (χ4v) is 9.74. The van der Waals surface area contributed by atoms with Gasteiger partial charge in [-0.1, -0.05) is 94.4 Å². The number of carbonyl (C=O) groups excluding carboxylic acids is 2. The monoisotopic (exact) mass is 773 g/mol. The molecule has 0 N–H and O–H groups in total. The van der Waals surface area contributed by atoms with Crippen molar-refractivity contribution in [3.05, 3.63) is 162 Å². The maximum Gasteiger partial charge on any atom is 0.266 e. The minimum absolute atomic E-state index is 0.0966. The first-order chi connectivity index (χ1) is 28.7.